The third-order valence-electron chi connectivity index (χ3n) is 3.79. The normalized spacial score (nSPS) is 13.5. The number of aliphatic hydroxyl groups excluding tert-OH is 1. The van der Waals surface area contributed by atoms with E-state index in [4.69, 9.17) is 0 Å². The third-order valence-corrected chi connectivity index (χ3v) is 3.79. The minimum Gasteiger partial charge on any atom is -0.393 e. The van der Waals surface area contributed by atoms with Crippen LogP contribution in [0.1, 0.15) is 63.9 Å². The number of amides is 1. The van der Waals surface area contributed by atoms with Crippen molar-refractivity contribution in [3.8, 4) is 0 Å². The molecule has 2 N–H and O–H groups in total. The van der Waals surface area contributed by atoms with Gasteiger partial charge in [-0.15, -0.1) is 0 Å². The smallest absolute Gasteiger partial charge is 0.292 e. The first-order valence-corrected chi connectivity index (χ1v) is 8.03. The summed E-state index contributed by atoms with van der Waals surface area (Å²) in [6.07, 6.45) is 0.115. The first kappa shape index (κ1) is 19.4. The summed E-state index contributed by atoms with van der Waals surface area (Å²) in [5.41, 5.74) is 1.26. The molecule has 0 aliphatic carbocycles. The number of aliphatic hydroxyl groups is 1. The Balaban J connectivity index is 2.69. The highest BCUT2D eigenvalue weighted by molar-refractivity contribution is 6.42. The molecule has 1 aromatic rings. The highest BCUT2D eigenvalue weighted by Crippen LogP contribution is 2.23. The van der Waals surface area contributed by atoms with Gasteiger partial charge in [0.25, 0.3) is 5.91 Å². The number of hydrogen-bond acceptors (Lipinski definition) is 3. The predicted molar refractivity (Wildman–Crippen MR) is 92.6 cm³/mol. The van der Waals surface area contributed by atoms with Gasteiger partial charge < -0.3 is 10.4 Å². The maximum atomic E-state index is 12.2. The van der Waals surface area contributed by atoms with Gasteiger partial charge in [0.15, 0.2) is 0 Å². The maximum absolute atomic E-state index is 12.2. The number of Topliss-reactive ketones (excluding diaryl/α,β-unsaturated/α-hetero) is 1. The summed E-state index contributed by atoms with van der Waals surface area (Å²) < 4.78 is 0. The number of carbonyl (C=O) groups excluding carboxylic acids is 2. The van der Waals surface area contributed by atoms with Crippen LogP contribution in [0.3, 0.4) is 0 Å². The van der Waals surface area contributed by atoms with Gasteiger partial charge in [-0.2, -0.15) is 0 Å². The third kappa shape index (κ3) is 6.14. The molecule has 0 bridgehead atoms. The Morgan fingerprint density at radius 2 is 1.61 bits per heavy atom. The maximum Gasteiger partial charge on any atom is 0.292 e. The van der Waals surface area contributed by atoms with Crippen molar-refractivity contribution >= 4 is 11.7 Å². The van der Waals surface area contributed by atoms with E-state index in [9.17, 15) is 14.7 Å². The van der Waals surface area contributed by atoms with Crippen LogP contribution < -0.4 is 5.32 Å². The Morgan fingerprint density at radius 3 is 2.04 bits per heavy atom. The Kier molecular flexibility index (Phi) is 6.11. The quantitative estimate of drug-likeness (QED) is 0.625. The highest BCUT2D eigenvalue weighted by Gasteiger charge is 2.24. The minimum absolute atomic E-state index is 0.00878. The molecule has 1 amide bonds. The second-order valence-corrected chi connectivity index (χ2v) is 8.06. The van der Waals surface area contributed by atoms with Crippen LogP contribution in [0.4, 0.5) is 0 Å². The van der Waals surface area contributed by atoms with E-state index in [2.05, 4.69) is 26.1 Å². The topological polar surface area (TPSA) is 66.4 Å². The lowest BCUT2D eigenvalue weighted by Crippen LogP contribution is -2.39. The van der Waals surface area contributed by atoms with Crippen LogP contribution in [0, 0.1) is 5.41 Å². The van der Waals surface area contributed by atoms with Crippen molar-refractivity contribution in [2.24, 2.45) is 5.41 Å². The van der Waals surface area contributed by atoms with Crippen LogP contribution in [0.15, 0.2) is 24.3 Å². The molecule has 0 heterocycles. The molecule has 128 valence electrons. The van der Waals surface area contributed by atoms with E-state index in [1.807, 2.05) is 26.0 Å². The van der Waals surface area contributed by atoms with Gasteiger partial charge in [-0.05, 0) is 29.7 Å². The first-order chi connectivity index (χ1) is 10.4. The van der Waals surface area contributed by atoms with Crippen LogP contribution in [0.5, 0.6) is 0 Å². The Hall–Kier alpha value is -1.68. The summed E-state index contributed by atoms with van der Waals surface area (Å²) in [5, 5.41) is 12.1. The number of hydrogen-bond donors (Lipinski definition) is 2. The molecule has 4 nitrogen and oxygen atoms in total. The average molecular weight is 319 g/mol. The van der Waals surface area contributed by atoms with Gasteiger partial charge in [0, 0.05) is 12.1 Å². The fraction of sp³-hybridized carbons (Fsp3) is 0.579. The zero-order valence-corrected chi connectivity index (χ0v) is 15.1. The number of nitrogens with one attached hydrogen (secondary N) is 1. The van der Waals surface area contributed by atoms with E-state index < -0.39 is 17.8 Å². The summed E-state index contributed by atoms with van der Waals surface area (Å²) in [7, 11) is 0. The van der Waals surface area contributed by atoms with Crippen molar-refractivity contribution in [3.63, 3.8) is 0 Å². The molecule has 23 heavy (non-hydrogen) atoms. The molecule has 0 spiro atoms. The average Bonchev–Trinajstić information content (AvgIpc) is 2.42. The van der Waals surface area contributed by atoms with E-state index in [0.717, 1.165) is 5.56 Å². The Morgan fingerprint density at radius 1 is 1.09 bits per heavy atom. The molecule has 0 aliphatic rings. The minimum atomic E-state index is -0.604. The summed E-state index contributed by atoms with van der Waals surface area (Å²) >= 11 is 0. The molecular weight excluding hydrogens is 290 g/mol. The Labute approximate surface area is 139 Å². The van der Waals surface area contributed by atoms with Crippen molar-refractivity contribution in [2.75, 3.05) is 6.54 Å². The van der Waals surface area contributed by atoms with Crippen LogP contribution in [-0.4, -0.2) is 29.4 Å². The largest absolute Gasteiger partial charge is 0.393 e. The number of benzene rings is 1. The van der Waals surface area contributed by atoms with Crippen LogP contribution >= 0.6 is 0 Å². The van der Waals surface area contributed by atoms with E-state index in [1.54, 1.807) is 19.1 Å². The van der Waals surface area contributed by atoms with Gasteiger partial charge in [0.05, 0.1) is 6.10 Å². The fourth-order valence-electron chi connectivity index (χ4n) is 2.52. The van der Waals surface area contributed by atoms with E-state index >= 15 is 0 Å². The molecule has 1 aromatic carbocycles. The van der Waals surface area contributed by atoms with Gasteiger partial charge in [-0.3, -0.25) is 9.59 Å². The lowest BCUT2D eigenvalue weighted by Gasteiger charge is -2.26. The predicted octanol–water partition coefficient (Wildman–Crippen LogP) is 3.08. The van der Waals surface area contributed by atoms with Gasteiger partial charge in [0.1, 0.15) is 0 Å². The van der Waals surface area contributed by atoms with Crippen molar-refractivity contribution < 1.29 is 14.7 Å². The highest BCUT2D eigenvalue weighted by atomic mass is 16.3. The molecule has 0 aliphatic heterocycles. The lowest BCUT2D eigenvalue weighted by molar-refractivity contribution is -0.117. The monoisotopic (exact) mass is 319 g/mol. The van der Waals surface area contributed by atoms with Crippen molar-refractivity contribution in [2.45, 2.75) is 59.5 Å². The van der Waals surface area contributed by atoms with Crippen molar-refractivity contribution in [1.82, 2.24) is 5.32 Å². The van der Waals surface area contributed by atoms with Gasteiger partial charge in [0.2, 0.25) is 5.78 Å². The van der Waals surface area contributed by atoms with E-state index in [1.165, 1.54) is 0 Å². The number of carbonyl (C=O) groups is 2. The van der Waals surface area contributed by atoms with Crippen LogP contribution in [-0.2, 0) is 10.2 Å². The summed E-state index contributed by atoms with van der Waals surface area (Å²) in [6.45, 7) is 12.3. The number of rotatable bonds is 6. The van der Waals surface area contributed by atoms with Crippen LogP contribution in [0.2, 0.25) is 0 Å². The molecule has 1 unspecified atom stereocenters. The first-order valence-electron chi connectivity index (χ1n) is 8.03. The zero-order chi connectivity index (χ0) is 17.8. The number of ketones is 1. The standard InChI is InChI=1S/C19H29NO3/c1-13(21)11-19(5,6)12-20-17(23)16(22)14-7-9-15(10-8-14)18(2,3)4/h7-10,13,21H,11-12H2,1-6H3,(H,20,23). The van der Waals surface area contributed by atoms with E-state index in [0.29, 0.717) is 18.5 Å². The van der Waals surface area contributed by atoms with Gasteiger partial charge >= 0.3 is 0 Å². The fourth-order valence-corrected chi connectivity index (χ4v) is 2.52. The van der Waals surface area contributed by atoms with Crippen LogP contribution in [0.25, 0.3) is 0 Å². The second kappa shape index (κ2) is 7.26. The zero-order valence-electron chi connectivity index (χ0n) is 15.1. The summed E-state index contributed by atoms with van der Waals surface area (Å²) in [5.74, 6) is -1.13. The Bertz CT molecular complexity index is 551. The van der Waals surface area contributed by atoms with Gasteiger partial charge in [-0.25, -0.2) is 0 Å². The lowest BCUT2D eigenvalue weighted by atomic mass is 9.86. The SMILES string of the molecule is CC(O)CC(C)(C)CNC(=O)C(=O)c1ccc(C(C)(C)C)cc1. The summed E-state index contributed by atoms with van der Waals surface area (Å²) in [6, 6.07) is 7.17. The molecule has 0 saturated carbocycles. The molecule has 0 fully saturated rings. The molecular formula is C19H29NO3. The summed E-state index contributed by atoms with van der Waals surface area (Å²) in [4.78, 5) is 24.2. The molecule has 0 saturated heterocycles. The molecule has 1 atom stereocenters. The van der Waals surface area contributed by atoms with Gasteiger partial charge in [-0.1, -0.05) is 58.9 Å². The molecule has 1 rings (SSSR count). The molecule has 0 aromatic heterocycles. The molecule has 4 heteroatoms. The van der Waals surface area contributed by atoms with Crippen molar-refractivity contribution in [1.29, 1.82) is 0 Å². The van der Waals surface area contributed by atoms with E-state index in [-0.39, 0.29) is 10.8 Å². The second-order valence-electron chi connectivity index (χ2n) is 8.06. The molecule has 0 radical (unpaired) electrons. The van der Waals surface area contributed by atoms with Crippen molar-refractivity contribution in [3.05, 3.63) is 35.4 Å².